The molecule has 0 bridgehead atoms. The van der Waals surface area contributed by atoms with Gasteiger partial charge in [-0.2, -0.15) is 0 Å². The number of nitrogens with one attached hydrogen (secondary N) is 1. The molecule has 0 unspecified atom stereocenters. The molecule has 1 aliphatic heterocycles. The molecule has 0 aromatic heterocycles. The highest BCUT2D eigenvalue weighted by atomic mass is 16.5. The van der Waals surface area contributed by atoms with Crippen LogP contribution in [0.5, 0.6) is 11.5 Å². The average molecular weight is 362 g/mol. The van der Waals surface area contributed by atoms with Crippen LogP contribution in [0.15, 0.2) is 18.2 Å². The predicted octanol–water partition coefficient (Wildman–Crippen LogP) is 1.59. The first-order valence-electron chi connectivity index (χ1n) is 9.41. The molecule has 2 fully saturated rings. The summed E-state index contributed by atoms with van der Waals surface area (Å²) in [5.41, 5.74) is 1.14. The number of aliphatic hydroxyl groups excluding tert-OH is 1. The van der Waals surface area contributed by atoms with E-state index in [1.165, 1.54) is 6.92 Å². The molecule has 2 N–H and O–H groups in total. The summed E-state index contributed by atoms with van der Waals surface area (Å²) in [6.45, 7) is 6.99. The third-order valence-corrected chi connectivity index (χ3v) is 5.59. The lowest BCUT2D eigenvalue weighted by atomic mass is 9.77. The Labute approximate surface area is 155 Å². The van der Waals surface area contributed by atoms with E-state index < -0.39 is 6.10 Å². The molecule has 1 saturated heterocycles. The molecule has 1 aromatic rings. The Morgan fingerprint density at radius 2 is 2.00 bits per heavy atom. The number of nitrogens with zero attached hydrogens (tertiary/aromatic N) is 1. The van der Waals surface area contributed by atoms with E-state index in [0.717, 1.165) is 49.5 Å². The van der Waals surface area contributed by atoms with Crippen molar-refractivity contribution in [3.05, 3.63) is 23.8 Å². The lowest BCUT2D eigenvalue weighted by Gasteiger charge is -2.35. The van der Waals surface area contributed by atoms with Crippen molar-refractivity contribution in [2.24, 2.45) is 11.8 Å². The number of carbonyl (C=O) groups is 1. The monoisotopic (exact) mass is 362 g/mol. The number of fused-ring (bicyclic) bond motifs is 1. The number of carbonyl (C=O) groups excluding carboxylic acids is 1. The minimum Gasteiger partial charge on any atom is -0.493 e. The van der Waals surface area contributed by atoms with Crippen LogP contribution in [0.25, 0.3) is 0 Å². The summed E-state index contributed by atoms with van der Waals surface area (Å²) < 4.78 is 11.3. The average Bonchev–Trinajstić information content (AvgIpc) is 2.97. The molecule has 6 nitrogen and oxygen atoms in total. The molecule has 144 valence electrons. The normalized spacial score (nSPS) is 28.5. The number of hydrogen-bond acceptors (Lipinski definition) is 5. The standard InChI is InChI=1S/C20H30N2O4/c1-13-4-5-19(20(8-13)25-3)26-7-6-22-11-15-9-17(21-14(2)23)18(24)10-16(15)12-22/h4-5,8,15-18,24H,6-7,9-12H2,1-3H3,(H,21,23)/t15-,16+,17-,18-/m1/s1. The van der Waals surface area contributed by atoms with Gasteiger partial charge in [0.15, 0.2) is 11.5 Å². The van der Waals surface area contributed by atoms with Crippen molar-refractivity contribution in [3.63, 3.8) is 0 Å². The van der Waals surface area contributed by atoms with Gasteiger partial charge >= 0.3 is 0 Å². The van der Waals surface area contributed by atoms with E-state index in [2.05, 4.69) is 10.2 Å². The van der Waals surface area contributed by atoms with E-state index in [-0.39, 0.29) is 11.9 Å². The van der Waals surface area contributed by atoms with Gasteiger partial charge in [0, 0.05) is 26.6 Å². The topological polar surface area (TPSA) is 71.0 Å². The number of hydrogen-bond donors (Lipinski definition) is 2. The summed E-state index contributed by atoms with van der Waals surface area (Å²) in [5, 5.41) is 13.2. The molecule has 3 rings (SSSR count). The fraction of sp³-hybridized carbons (Fsp3) is 0.650. The highest BCUT2D eigenvalue weighted by molar-refractivity contribution is 5.73. The van der Waals surface area contributed by atoms with Gasteiger partial charge in [0.1, 0.15) is 6.61 Å². The highest BCUT2D eigenvalue weighted by Crippen LogP contribution is 2.36. The SMILES string of the molecule is COc1cc(C)ccc1OCCN1C[C@H]2C[C@@H](NC(C)=O)[C@H](O)C[C@H]2C1. The number of aryl methyl sites for hydroxylation is 1. The van der Waals surface area contributed by atoms with Crippen LogP contribution in [0.3, 0.4) is 0 Å². The molecule has 1 amide bonds. The Bertz CT molecular complexity index is 636. The molecule has 2 aliphatic rings. The fourth-order valence-corrected chi connectivity index (χ4v) is 4.31. The Morgan fingerprint density at radius 3 is 2.69 bits per heavy atom. The second kappa shape index (κ2) is 8.27. The minimum absolute atomic E-state index is 0.0669. The molecular weight excluding hydrogens is 332 g/mol. The van der Waals surface area contributed by atoms with E-state index >= 15 is 0 Å². The maximum absolute atomic E-state index is 11.3. The van der Waals surface area contributed by atoms with Crippen molar-refractivity contribution in [2.75, 3.05) is 33.4 Å². The smallest absolute Gasteiger partial charge is 0.217 e. The third-order valence-electron chi connectivity index (χ3n) is 5.59. The van der Waals surface area contributed by atoms with Crippen molar-refractivity contribution in [2.45, 2.75) is 38.8 Å². The maximum Gasteiger partial charge on any atom is 0.217 e. The molecule has 1 saturated carbocycles. The zero-order valence-electron chi connectivity index (χ0n) is 15.9. The Morgan fingerprint density at radius 1 is 1.27 bits per heavy atom. The van der Waals surface area contributed by atoms with Gasteiger partial charge in [-0.05, 0) is 49.3 Å². The van der Waals surface area contributed by atoms with Crippen LogP contribution in [0.2, 0.25) is 0 Å². The predicted molar refractivity (Wildman–Crippen MR) is 99.5 cm³/mol. The molecule has 1 heterocycles. The summed E-state index contributed by atoms with van der Waals surface area (Å²) in [6, 6.07) is 5.84. The fourth-order valence-electron chi connectivity index (χ4n) is 4.31. The zero-order valence-corrected chi connectivity index (χ0v) is 15.9. The zero-order chi connectivity index (χ0) is 18.7. The van der Waals surface area contributed by atoms with Gasteiger partial charge in [0.25, 0.3) is 0 Å². The Hall–Kier alpha value is -1.79. The van der Waals surface area contributed by atoms with E-state index in [9.17, 15) is 9.90 Å². The van der Waals surface area contributed by atoms with Crippen LogP contribution >= 0.6 is 0 Å². The number of amides is 1. The quantitative estimate of drug-likeness (QED) is 0.804. The highest BCUT2D eigenvalue weighted by Gasteiger charge is 2.41. The first kappa shape index (κ1) is 19.0. The second-order valence-corrected chi connectivity index (χ2v) is 7.63. The van der Waals surface area contributed by atoms with Crippen LogP contribution in [0.1, 0.15) is 25.3 Å². The van der Waals surface area contributed by atoms with E-state index in [4.69, 9.17) is 9.47 Å². The number of methoxy groups -OCH3 is 1. The number of ether oxygens (including phenoxy) is 2. The van der Waals surface area contributed by atoms with E-state index in [1.54, 1.807) is 7.11 Å². The molecule has 0 radical (unpaired) electrons. The lowest BCUT2D eigenvalue weighted by molar-refractivity contribution is -0.121. The van der Waals surface area contributed by atoms with E-state index in [1.807, 2.05) is 25.1 Å². The van der Waals surface area contributed by atoms with Gasteiger partial charge in [0.2, 0.25) is 5.91 Å². The molecular formula is C20H30N2O4. The van der Waals surface area contributed by atoms with Crippen molar-refractivity contribution in [1.82, 2.24) is 10.2 Å². The summed E-state index contributed by atoms with van der Waals surface area (Å²) in [5.74, 6) is 2.51. The molecule has 0 spiro atoms. The van der Waals surface area contributed by atoms with Gasteiger partial charge < -0.3 is 19.9 Å². The Kier molecular flexibility index (Phi) is 6.04. The van der Waals surface area contributed by atoms with Crippen LogP contribution in [0.4, 0.5) is 0 Å². The van der Waals surface area contributed by atoms with Crippen molar-refractivity contribution < 1.29 is 19.4 Å². The second-order valence-electron chi connectivity index (χ2n) is 7.63. The van der Waals surface area contributed by atoms with Crippen LogP contribution in [-0.2, 0) is 4.79 Å². The van der Waals surface area contributed by atoms with Crippen molar-refractivity contribution >= 4 is 5.91 Å². The first-order valence-corrected chi connectivity index (χ1v) is 9.41. The number of rotatable bonds is 6. The van der Waals surface area contributed by atoms with Gasteiger partial charge in [-0.1, -0.05) is 6.07 Å². The van der Waals surface area contributed by atoms with E-state index in [0.29, 0.717) is 18.4 Å². The van der Waals surface area contributed by atoms with Gasteiger partial charge in [-0.25, -0.2) is 0 Å². The number of likely N-dealkylation sites (tertiary alicyclic amines) is 1. The van der Waals surface area contributed by atoms with Crippen LogP contribution in [0, 0.1) is 18.8 Å². The lowest BCUT2D eigenvalue weighted by Crippen LogP contribution is -2.48. The molecule has 4 atom stereocenters. The van der Waals surface area contributed by atoms with Crippen molar-refractivity contribution in [3.8, 4) is 11.5 Å². The van der Waals surface area contributed by atoms with Crippen LogP contribution in [-0.4, -0.2) is 61.4 Å². The van der Waals surface area contributed by atoms with Crippen LogP contribution < -0.4 is 14.8 Å². The summed E-state index contributed by atoms with van der Waals surface area (Å²) >= 11 is 0. The van der Waals surface area contributed by atoms with Gasteiger partial charge in [-0.3, -0.25) is 9.69 Å². The largest absolute Gasteiger partial charge is 0.493 e. The van der Waals surface area contributed by atoms with Gasteiger partial charge in [0.05, 0.1) is 19.3 Å². The van der Waals surface area contributed by atoms with Gasteiger partial charge in [-0.15, -0.1) is 0 Å². The Balaban J connectivity index is 1.49. The maximum atomic E-state index is 11.3. The summed E-state index contributed by atoms with van der Waals surface area (Å²) in [7, 11) is 1.66. The number of aliphatic hydroxyl groups is 1. The third kappa shape index (κ3) is 4.48. The molecule has 1 aromatic carbocycles. The number of benzene rings is 1. The summed E-state index contributed by atoms with van der Waals surface area (Å²) in [4.78, 5) is 13.7. The molecule has 6 heteroatoms. The molecule has 1 aliphatic carbocycles. The van der Waals surface area contributed by atoms with Crippen molar-refractivity contribution in [1.29, 1.82) is 0 Å². The summed E-state index contributed by atoms with van der Waals surface area (Å²) in [6.07, 6.45) is 1.18. The molecule has 26 heavy (non-hydrogen) atoms. The minimum atomic E-state index is -0.437. The first-order chi connectivity index (χ1) is 12.5.